The quantitative estimate of drug-likeness (QED) is 0.388. The highest BCUT2D eigenvalue weighted by atomic mass is 32.2. The van der Waals surface area contributed by atoms with E-state index in [1.807, 2.05) is 0 Å². The molecule has 0 saturated heterocycles. The zero-order valence-electron chi connectivity index (χ0n) is 14.7. The van der Waals surface area contributed by atoms with Gasteiger partial charge >= 0.3 is 5.97 Å². The molecule has 4 N–H and O–H groups in total. The first-order chi connectivity index (χ1) is 12.5. The molecule has 1 aromatic carbocycles. The number of nitrogens with one attached hydrogen (secondary N) is 1. The summed E-state index contributed by atoms with van der Waals surface area (Å²) in [6.07, 6.45) is 1.38. The van der Waals surface area contributed by atoms with Crippen molar-refractivity contribution in [1.29, 1.82) is 0 Å². The number of carboxylic acid groups (broad SMARTS) is 1. The van der Waals surface area contributed by atoms with E-state index in [9.17, 15) is 18.9 Å². The molecule has 0 aliphatic rings. The minimum absolute atomic E-state index is 0.0769. The maximum atomic E-state index is 12.6. The monoisotopic (exact) mass is 380 g/mol. The van der Waals surface area contributed by atoms with Crippen LogP contribution in [0.2, 0.25) is 0 Å². The van der Waals surface area contributed by atoms with E-state index < -0.39 is 22.0 Å². The van der Waals surface area contributed by atoms with Crippen molar-refractivity contribution in [2.45, 2.75) is 36.3 Å². The Labute approximate surface area is 155 Å². The van der Waals surface area contributed by atoms with Crippen molar-refractivity contribution in [3.8, 4) is 17.6 Å². The molecule has 0 aliphatic carbocycles. The number of carbonyl (C=O) groups is 2. The number of amides is 1. The fourth-order valence-corrected chi connectivity index (χ4v) is 3.40. The first kappa shape index (κ1) is 21.7. The minimum Gasteiger partial charge on any atom is -0.481 e. The van der Waals surface area contributed by atoms with E-state index in [4.69, 9.17) is 10.5 Å². The van der Waals surface area contributed by atoms with Crippen molar-refractivity contribution < 1.29 is 23.6 Å². The third-order valence-electron chi connectivity index (χ3n) is 3.48. The maximum Gasteiger partial charge on any atom is 0.319 e. The summed E-state index contributed by atoms with van der Waals surface area (Å²) in [5, 5.41) is 11.0. The summed E-state index contributed by atoms with van der Waals surface area (Å²) in [6, 6.07) is 6.49. The molecule has 2 atom stereocenters. The summed E-state index contributed by atoms with van der Waals surface area (Å²) in [4.78, 5) is 22.9. The fraction of sp³-hybridized carbons (Fsp3) is 0.444. The molecule has 1 rings (SSSR count). The Kier molecular flexibility index (Phi) is 10.1. The van der Waals surface area contributed by atoms with E-state index in [2.05, 4.69) is 17.2 Å². The molecule has 0 heterocycles. The second kappa shape index (κ2) is 12.1. The largest absolute Gasteiger partial charge is 0.481 e. The summed E-state index contributed by atoms with van der Waals surface area (Å²) in [6.45, 7) is 2.32. The van der Waals surface area contributed by atoms with Gasteiger partial charge in [0.25, 0.3) is 0 Å². The molecule has 0 fully saturated rings. The molecule has 1 aromatic rings. The van der Waals surface area contributed by atoms with Gasteiger partial charge in [0.2, 0.25) is 5.91 Å². The first-order valence-corrected chi connectivity index (χ1v) is 9.43. The molecular weight excluding hydrogens is 356 g/mol. The van der Waals surface area contributed by atoms with Crippen LogP contribution < -0.4 is 15.8 Å². The SMILES string of the molecule is CC#CCOc1ccc(S(=O)C(CCCCNC(=O)CN)C(=O)O)cc1. The number of hydrogen-bond donors (Lipinski definition) is 3. The van der Waals surface area contributed by atoms with Crippen LogP contribution in [0.25, 0.3) is 0 Å². The van der Waals surface area contributed by atoms with E-state index in [1.54, 1.807) is 31.2 Å². The van der Waals surface area contributed by atoms with Crippen LogP contribution >= 0.6 is 0 Å². The van der Waals surface area contributed by atoms with Crippen molar-refractivity contribution >= 4 is 22.7 Å². The Hall–Kier alpha value is -2.37. The third-order valence-corrected chi connectivity index (χ3v) is 5.17. The molecule has 8 heteroatoms. The van der Waals surface area contributed by atoms with Crippen LogP contribution in [0.1, 0.15) is 26.2 Å². The van der Waals surface area contributed by atoms with Crippen LogP contribution in [0.15, 0.2) is 29.2 Å². The number of nitrogens with two attached hydrogens (primary N) is 1. The summed E-state index contributed by atoms with van der Waals surface area (Å²) in [5.41, 5.74) is 5.18. The lowest BCUT2D eigenvalue weighted by Crippen LogP contribution is -2.31. The zero-order valence-corrected chi connectivity index (χ0v) is 15.5. The topological polar surface area (TPSA) is 119 Å². The number of aliphatic carboxylic acids is 1. The van der Waals surface area contributed by atoms with Crippen LogP contribution in [0, 0.1) is 11.8 Å². The van der Waals surface area contributed by atoms with Gasteiger partial charge in [0.05, 0.1) is 17.3 Å². The molecule has 1 amide bonds. The second-order valence-electron chi connectivity index (χ2n) is 5.36. The lowest BCUT2D eigenvalue weighted by molar-refractivity contribution is -0.136. The van der Waals surface area contributed by atoms with Gasteiger partial charge in [-0.15, -0.1) is 5.92 Å². The van der Waals surface area contributed by atoms with E-state index in [0.717, 1.165) is 0 Å². The van der Waals surface area contributed by atoms with Crippen molar-refractivity contribution in [3.63, 3.8) is 0 Å². The van der Waals surface area contributed by atoms with Gasteiger partial charge in [-0.25, -0.2) is 0 Å². The van der Waals surface area contributed by atoms with Crippen LogP contribution in [-0.4, -0.2) is 46.1 Å². The molecule has 0 aliphatic heterocycles. The fourth-order valence-electron chi connectivity index (χ4n) is 2.10. The van der Waals surface area contributed by atoms with Gasteiger partial charge in [0.1, 0.15) is 17.6 Å². The normalized spacial score (nSPS) is 12.4. The van der Waals surface area contributed by atoms with E-state index in [0.29, 0.717) is 30.0 Å². The number of carboxylic acids is 1. The summed E-state index contributed by atoms with van der Waals surface area (Å²) >= 11 is 0. The molecular formula is C18H24N2O5S. The number of unbranched alkanes of at least 4 members (excludes halogenated alkanes) is 1. The maximum absolute atomic E-state index is 12.6. The summed E-state index contributed by atoms with van der Waals surface area (Å²) in [7, 11) is -1.67. The number of ether oxygens (including phenoxy) is 1. The van der Waals surface area contributed by atoms with E-state index in [-0.39, 0.29) is 25.5 Å². The number of benzene rings is 1. The molecule has 26 heavy (non-hydrogen) atoms. The van der Waals surface area contributed by atoms with Gasteiger partial charge in [0.15, 0.2) is 0 Å². The van der Waals surface area contributed by atoms with Crippen LogP contribution in [0.5, 0.6) is 5.75 Å². The van der Waals surface area contributed by atoms with E-state index >= 15 is 0 Å². The zero-order chi connectivity index (χ0) is 19.4. The molecule has 0 saturated carbocycles. The average molecular weight is 380 g/mol. The van der Waals surface area contributed by atoms with Gasteiger partial charge in [-0.3, -0.25) is 13.8 Å². The van der Waals surface area contributed by atoms with Crippen molar-refractivity contribution in [3.05, 3.63) is 24.3 Å². The number of hydrogen-bond acceptors (Lipinski definition) is 5. The van der Waals surface area contributed by atoms with E-state index in [1.165, 1.54) is 0 Å². The Balaban J connectivity index is 2.57. The van der Waals surface area contributed by atoms with Gasteiger partial charge in [-0.05, 0) is 50.5 Å². The Morgan fingerprint density at radius 1 is 1.31 bits per heavy atom. The van der Waals surface area contributed by atoms with Crippen molar-refractivity contribution in [2.24, 2.45) is 5.73 Å². The van der Waals surface area contributed by atoms with Crippen molar-refractivity contribution in [1.82, 2.24) is 5.32 Å². The number of carbonyl (C=O) groups excluding carboxylic acids is 1. The second-order valence-corrected chi connectivity index (χ2v) is 7.00. The standard InChI is InChI=1S/C18H24N2O5S/c1-2-3-12-25-14-7-9-15(10-8-14)26(24)16(18(22)23)6-4-5-11-20-17(21)13-19/h7-10,16H,4-6,11-13,19H2,1H3,(H,20,21)(H,22,23). The Morgan fingerprint density at radius 3 is 2.58 bits per heavy atom. The van der Waals surface area contributed by atoms with Gasteiger partial charge in [0, 0.05) is 11.4 Å². The molecule has 2 unspecified atom stereocenters. The highest BCUT2D eigenvalue weighted by molar-refractivity contribution is 7.86. The predicted octanol–water partition coefficient (Wildman–Crippen LogP) is 0.895. The lowest BCUT2D eigenvalue weighted by Gasteiger charge is -2.13. The molecule has 0 bridgehead atoms. The van der Waals surface area contributed by atoms with Gasteiger partial charge < -0.3 is 20.9 Å². The minimum atomic E-state index is -1.67. The summed E-state index contributed by atoms with van der Waals surface area (Å²) < 4.78 is 17.9. The predicted molar refractivity (Wildman–Crippen MR) is 99.1 cm³/mol. The Bertz CT molecular complexity index is 679. The van der Waals surface area contributed by atoms with Crippen LogP contribution in [0.3, 0.4) is 0 Å². The Morgan fingerprint density at radius 2 is 2.00 bits per heavy atom. The van der Waals surface area contributed by atoms with Gasteiger partial charge in [-0.1, -0.05) is 5.92 Å². The first-order valence-electron chi connectivity index (χ1n) is 8.22. The van der Waals surface area contributed by atoms with Crippen molar-refractivity contribution in [2.75, 3.05) is 19.7 Å². The molecule has 0 aromatic heterocycles. The molecule has 7 nitrogen and oxygen atoms in total. The van der Waals surface area contributed by atoms with Crippen LogP contribution in [0.4, 0.5) is 0 Å². The van der Waals surface area contributed by atoms with Gasteiger partial charge in [-0.2, -0.15) is 0 Å². The summed E-state index contributed by atoms with van der Waals surface area (Å²) in [5.74, 6) is 4.70. The smallest absolute Gasteiger partial charge is 0.319 e. The molecule has 0 radical (unpaired) electrons. The number of rotatable bonds is 11. The third kappa shape index (κ3) is 7.68. The highest BCUT2D eigenvalue weighted by Crippen LogP contribution is 2.20. The molecule has 0 spiro atoms. The molecule has 142 valence electrons. The average Bonchev–Trinajstić information content (AvgIpc) is 2.64. The lowest BCUT2D eigenvalue weighted by atomic mass is 10.2. The van der Waals surface area contributed by atoms with Crippen LogP contribution in [-0.2, 0) is 20.4 Å². The highest BCUT2D eigenvalue weighted by Gasteiger charge is 2.25.